The fourth-order valence-electron chi connectivity index (χ4n) is 3.29. The normalized spacial score (nSPS) is 10.7. The first-order valence-electron chi connectivity index (χ1n) is 9.62. The van der Waals surface area contributed by atoms with Gasteiger partial charge in [-0.3, -0.25) is 14.2 Å². The molecule has 0 radical (unpaired) electrons. The minimum Gasteiger partial charge on any atom is -0.481 e. The lowest BCUT2D eigenvalue weighted by Gasteiger charge is -2.12. The molecular formula is C23H21N5O3. The molecule has 1 N–H and O–H groups in total. The molecule has 3 aromatic heterocycles. The van der Waals surface area contributed by atoms with Crippen molar-refractivity contribution in [2.75, 3.05) is 12.4 Å². The lowest BCUT2D eigenvalue weighted by atomic mass is 10.1. The highest BCUT2D eigenvalue weighted by Crippen LogP contribution is 2.16. The van der Waals surface area contributed by atoms with Crippen molar-refractivity contribution >= 4 is 11.6 Å². The first kappa shape index (κ1) is 20.1. The third kappa shape index (κ3) is 3.95. The maximum Gasteiger partial charge on any atom is 0.268 e. The fraction of sp³-hybridized carbons (Fsp3) is 0.130. The number of carbonyl (C=O) groups is 1. The first-order chi connectivity index (χ1) is 15.0. The number of aryl methyl sites for hydroxylation is 2. The van der Waals surface area contributed by atoms with Gasteiger partial charge in [0.15, 0.2) is 0 Å². The molecule has 0 unspecified atom stereocenters. The summed E-state index contributed by atoms with van der Waals surface area (Å²) in [6.45, 7) is 3.65. The van der Waals surface area contributed by atoms with Crippen LogP contribution in [0.25, 0.3) is 11.4 Å². The molecule has 0 saturated heterocycles. The summed E-state index contributed by atoms with van der Waals surface area (Å²) in [5.74, 6) is 0.839. The predicted molar refractivity (Wildman–Crippen MR) is 117 cm³/mol. The van der Waals surface area contributed by atoms with Crippen LogP contribution in [0.1, 0.15) is 21.7 Å². The van der Waals surface area contributed by atoms with E-state index in [-0.39, 0.29) is 5.56 Å². The Labute approximate surface area is 178 Å². The maximum absolute atomic E-state index is 13.1. The van der Waals surface area contributed by atoms with Crippen LogP contribution in [0.5, 0.6) is 5.88 Å². The number of nitrogens with one attached hydrogen (secondary N) is 1. The van der Waals surface area contributed by atoms with E-state index < -0.39 is 11.5 Å². The molecular weight excluding hydrogens is 394 g/mol. The van der Waals surface area contributed by atoms with E-state index >= 15 is 0 Å². The molecule has 8 nitrogen and oxygen atoms in total. The SMILES string of the molecule is COc1ccc(-n2ccc(C)c(C(=O)Nc3ccc(-n4ccnc4C)cc3)c2=O)cn1. The largest absolute Gasteiger partial charge is 0.481 e. The molecule has 0 bridgehead atoms. The number of anilines is 1. The standard InChI is InChI=1S/C23H21N5O3/c1-15-10-12-28(19-8-9-20(31-3)25-14-19)23(30)21(15)22(29)26-17-4-6-18(7-5-17)27-13-11-24-16(27)2/h4-14H,1-3H3,(H,26,29). The number of amides is 1. The molecule has 8 heteroatoms. The monoisotopic (exact) mass is 415 g/mol. The second kappa shape index (κ2) is 8.27. The Morgan fingerprint density at radius 3 is 2.29 bits per heavy atom. The first-order valence-corrected chi connectivity index (χ1v) is 9.62. The van der Waals surface area contributed by atoms with Gasteiger partial charge in [0.25, 0.3) is 11.5 Å². The number of hydrogen-bond acceptors (Lipinski definition) is 5. The zero-order chi connectivity index (χ0) is 22.0. The Hall–Kier alpha value is -4.20. The summed E-state index contributed by atoms with van der Waals surface area (Å²) in [5.41, 5.74) is 2.30. The van der Waals surface area contributed by atoms with Crippen molar-refractivity contribution in [1.29, 1.82) is 0 Å². The molecule has 31 heavy (non-hydrogen) atoms. The lowest BCUT2D eigenvalue weighted by Crippen LogP contribution is -2.29. The van der Waals surface area contributed by atoms with Crippen molar-refractivity contribution in [1.82, 2.24) is 19.1 Å². The van der Waals surface area contributed by atoms with Crippen LogP contribution in [0.3, 0.4) is 0 Å². The van der Waals surface area contributed by atoms with Gasteiger partial charge < -0.3 is 14.6 Å². The Balaban J connectivity index is 1.61. The number of benzene rings is 1. The van der Waals surface area contributed by atoms with Crippen molar-refractivity contribution in [3.05, 3.63) is 94.6 Å². The molecule has 3 heterocycles. The van der Waals surface area contributed by atoms with E-state index in [2.05, 4.69) is 15.3 Å². The Bertz CT molecular complexity index is 1290. The second-order valence-electron chi connectivity index (χ2n) is 6.95. The number of carbonyl (C=O) groups excluding carboxylic acids is 1. The number of hydrogen-bond donors (Lipinski definition) is 1. The minimum absolute atomic E-state index is 0.0767. The van der Waals surface area contributed by atoms with Crippen LogP contribution in [-0.4, -0.2) is 32.1 Å². The zero-order valence-electron chi connectivity index (χ0n) is 17.4. The minimum atomic E-state index is -0.468. The molecule has 1 amide bonds. The lowest BCUT2D eigenvalue weighted by molar-refractivity contribution is 0.102. The van der Waals surface area contributed by atoms with Gasteiger partial charge in [-0.25, -0.2) is 9.97 Å². The van der Waals surface area contributed by atoms with Gasteiger partial charge in [-0.1, -0.05) is 0 Å². The van der Waals surface area contributed by atoms with Crippen LogP contribution in [0, 0.1) is 13.8 Å². The molecule has 1 aromatic carbocycles. The molecule has 0 fully saturated rings. The Morgan fingerprint density at radius 1 is 0.935 bits per heavy atom. The van der Waals surface area contributed by atoms with Gasteiger partial charge in [0.1, 0.15) is 11.4 Å². The average Bonchev–Trinajstić information content (AvgIpc) is 3.20. The predicted octanol–water partition coefficient (Wildman–Crippen LogP) is 3.30. The molecule has 0 atom stereocenters. The number of methoxy groups -OCH3 is 1. The Morgan fingerprint density at radius 2 is 1.68 bits per heavy atom. The number of ether oxygens (including phenoxy) is 1. The highest BCUT2D eigenvalue weighted by Gasteiger charge is 2.17. The van der Waals surface area contributed by atoms with Gasteiger partial charge in [-0.2, -0.15) is 0 Å². The van der Waals surface area contributed by atoms with Crippen LogP contribution < -0.4 is 15.6 Å². The molecule has 0 aliphatic rings. The van der Waals surface area contributed by atoms with E-state index in [0.717, 1.165) is 11.5 Å². The molecule has 4 aromatic rings. The molecule has 0 aliphatic heterocycles. The van der Waals surface area contributed by atoms with Crippen LogP contribution in [-0.2, 0) is 0 Å². The molecule has 4 rings (SSSR count). The maximum atomic E-state index is 13.1. The topological polar surface area (TPSA) is 91.0 Å². The van der Waals surface area contributed by atoms with Crippen molar-refractivity contribution in [3.8, 4) is 17.3 Å². The summed E-state index contributed by atoms with van der Waals surface area (Å²) in [6, 6.07) is 12.4. The summed E-state index contributed by atoms with van der Waals surface area (Å²) in [4.78, 5) is 34.3. The Kier molecular flexibility index (Phi) is 5.36. The van der Waals surface area contributed by atoms with E-state index in [1.165, 1.54) is 17.9 Å². The van der Waals surface area contributed by atoms with Crippen molar-refractivity contribution in [2.24, 2.45) is 0 Å². The van der Waals surface area contributed by atoms with E-state index in [1.807, 2.05) is 29.8 Å². The summed E-state index contributed by atoms with van der Waals surface area (Å²) >= 11 is 0. The third-order valence-corrected chi connectivity index (χ3v) is 4.96. The van der Waals surface area contributed by atoms with Crippen molar-refractivity contribution < 1.29 is 9.53 Å². The van der Waals surface area contributed by atoms with Gasteiger partial charge in [0, 0.05) is 36.0 Å². The van der Waals surface area contributed by atoms with Gasteiger partial charge in [-0.15, -0.1) is 0 Å². The number of imidazole rings is 1. The summed E-state index contributed by atoms with van der Waals surface area (Å²) < 4.78 is 8.38. The van der Waals surface area contributed by atoms with Gasteiger partial charge in [0.05, 0.1) is 19.0 Å². The van der Waals surface area contributed by atoms with E-state index in [1.54, 1.807) is 49.6 Å². The molecule has 0 saturated carbocycles. The van der Waals surface area contributed by atoms with E-state index in [9.17, 15) is 9.59 Å². The van der Waals surface area contributed by atoms with Gasteiger partial charge in [-0.05, 0) is 55.8 Å². The summed E-state index contributed by atoms with van der Waals surface area (Å²) in [6.07, 6.45) is 6.74. The third-order valence-electron chi connectivity index (χ3n) is 4.96. The zero-order valence-corrected chi connectivity index (χ0v) is 17.4. The van der Waals surface area contributed by atoms with Crippen LogP contribution in [0.2, 0.25) is 0 Å². The highest BCUT2D eigenvalue weighted by molar-refractivity contribution is 6.05. The van der Waals surface area contributed by atoms with Crippen LogP contribution in [0.15, 0.2) is 72.0 Å². The van der Waals surface area contributed by atoms with Gasteiger partial charge in [0.2, 0.25) is 5.88 Å². The van der Waals surface area contributed by atoms with E-state index in [4.69, 9.17) is 4.74 Å². The summed E-state index contributed by atoms with van der Waals surface area (Å²) in [5, 5.41) is 2.81. The van der Waals surface area contributed by atoms with Crippen LogP contribution >= 0.6 is 0 Å². The summed E-state index contributed by atoms with van der Waals surface area (Å²) in [7, 11) is 1.52. The number of nitrogens with zero attached hydrogens (tertiary/aromatic N) is 4. The van der Waals surface area contributed by atoms with Crippen molar-refractivity contribution in [3.63, 3.8) is 0 Å². The molecule has 0 aliphatic carbocycles. The number of aromatic nitrogens is 4. The molecule has 156 valence electrons. The van der Waals surface area contributed by atoms with Crippen molar-refractivity contribution in [2.45, 2.75) is 13.8 Å². The average molecular weight is 415 g/mol. The van der Waals surface area contributed by atoms with E-state index in [0.29, 0.717) is 22.8 Å². The van der Waals surface area contributed by atoms with Gasteiger partial charge >= 0.3 is 0 Å². The quantitative estimate of drug-likeness (QED) is 0.540. The fourth-order valence-corrected chi connectivity index (χ4v) is 3.29. The number of rotatable bonds is 5. The van der Waals surface area contributed by atoms with Crippen LogP contribution in [0.4, 0.5) is 5.69 Å². The highest BCUT2D eigenvalue weighted by atomic mass is 16.5. The smallest absolute Gasteiger partial charge is 0.268 e. The second-order valence-corrected chi connectivity index (χ2v) is 6.95. The number of pyridine rings is 2. The molecule has 0 spiro atoms.